The van der Waals surface area contributed by atoms with Gasteiger partial charge in [0, 0.05) is 5.56 Å². The fourth-order valence-electron chi connectivity index (χ4n) is 0.857. The third-order valence-corrected chi connectivity index (χ3v) is 2.04. The van der Waals surface area contributed by atoms with Crippen molar-refractivity contribution < 1.29 is 18.4 Å². The quantitative estimate of drug-likeness (QED) is 0.628. The molecule has 72 valence electrons. The molecule has 0 unspecified atom stereocenters. The lowest BCUT2D eigenvalue weighted by Gasteiger charge is -2.05. The Morgan fingerprint density at radius 1 is 1.31 bits per heavy atom. The van der Waals surface area contributed by atoms with E-state index in [-0.39, 0.29) is 4.47 Å². The summed E-state index contributed by atoms with van der Waals surface area (Å²) in [7, 11) is 0. The van der Waals surface area contributed by atoms with Crippen molar-refractivity contribution in [3.63, 3.8) is 0 Å². The van der Waals surface area contributed by atoms with Gasteiger partial charge in [-0.3, -0.25) is 0 Å². The summed E-state index contributed by atoms with van der Waals surface area (Å²) in [4.78, 5) is 0. The molecule has 0 aromatic heterocycles. The van der Waals surface area contributed by atoms with Gasteiger partial charge in [-0.05, 0) is 22.0 Å². The lowest BCUT2D eigenvalue weighted by atomic mass is 10.2. The summed E-state index contributed by atoms with van der Waals surface area (Å²) >= 11 is 2.71. The SMILES string of the molecule is ONCc1c(F)c(F)cc(Br)c1F. The van der Waals surface area contributed by atoms with Crippen LogP contribution in [0.25, 0.3) is 0 Å². The summed E-state index contributed by atoms with van der Waals surface area (Å²) in [5.41, 5.74) is 1.01. The maximum absolute atomic E-state index is 13.0. The average Bonchev–Trinajstić information content (AvgIpc) is 2.09. The predicted octanol–water partition coefficient (Wildman–Crippen LogP) is 2.35. The van der Waals surface area contributed by atoms with E-state index in [0.717, 1.165) is 0 Å². The minimum atomic E-state index is -1.30. The molecule has 0 aliphatic rings. The highest BCUT2D eigenvalue weighted by molar-refractivity contribution is 9.10. The molecule has 0 atom stereocenters. The van der Waals surface area contributed by atoms with Gasteiger partial charge in [0.2, 0.25) is 0 Å². The van der Waals surface area contributed by atoms with E-state index in [4.69, 9.17) is 5.21 Å². The first kappa shape index (κ1) is 10.5. The molecule has 0 saturated heterocycles. The Morgan fingerprint density at radius 3 is 2.46 bits per heavy atom. The molecule has 0 aliphatic heterocycles. The van der Waals surface area contributed by atoms with Gasteiger partial charge in [0.15, 0.2) is 11.6 Å². The predicted molar refractivity (Wildman–Crippen MR) is 42.6 cm³/mol. The Balaban J connectivity index is 3.28. The summed E-state index contributed by atoms with van der Waals surface area (Å²) in [6.45, 7) is -0.492. The summed E-state index contributed by atoms with van der Waals surface area (Å²) in [5, 5.41) is 8.23. The molecule has 0 saturated carbocycles. The molecule has 0 bridgehead atoms. The standard InChI is InChI=1S/C7H5BrF3NO/c8-4-1-5(9)7(11)3(2-12-13)6(4)10/h1,12-13H,2H2. The molecule has 0 aliphatic carbocycles. The van der Waals surface area contributed by atoms with Crippen LogP contribution in [0.3, 0.4) is 0 Å². The van der Waals surface area contributed by atoms with Crippen molar-refractivity contribution in [3.8, 4) is 0 Å². The summed E-state index contributed by atoms with van der Waals surface area (Å²) < 4.78 is 38.3. The Morgan fingerprint density at radius 2 is 1.92 bits per heavy atom. The number of hydrogen-bond donors (Lipinski definition) is 2. The highest BCUT2D eigenvalue weighted by Gasteiger charge is 2.16. The zero-order valence-corrected chi connectivity index (χ0v) is 7.83. The number of hydrogen-bond acceptors (Lipinski definition) is 2. The van der Waals surface area contributed by atoms with Crippen LogP contribution in [0.15, 0.2) is 10.5 Å². The van der Waals surface area contributed by atoms with E-state index in [1.165, 1.54) is 0 Å². The fraction of sp³-hybridized carbons (Fsp3) is 0.143. The second-order valence-corrected chi connectivity index (χ2v) is 3.14. The average molecular weight is 256 g/mol. The van der Waals surface area contributed by atoms with Gasteiger partial charge in [-0.15, -0.1) is 0 Å². The third-order valence-electron chi connectivity index (χ3n) is 1.46. The molecule has 1 rings (SSSR count). The van der Waals surface area contributed by atoms with Gasteiger partial charge < -0.3 is 5.21 Å². The number of nitrogens with one attached hydrogen (secondary N) is 1. The normalized spacial score (nSPS) is 10.5. The van der Waals surface area contributed by atoms with Crippen molar-refractivity contribution in [2.45, 2.75) is 6.54 Å². The van der Waals surface area contributed by atoms with Crippen molar-refractivity contribution in [3.05, 3.63) is 33.6 Å². The van der Waals surface area contributed by atoms with Crippen LogP contribution in [0, 0.1) is 17.5 Å². The molecular formula is C7H5BrF3NO. The maximum Gasteiger partial charge on any atom is 0.166 e. The fourth-order valence-corrected chi connectivity index (χ4v) is 1.30. The van der Waals surface area contributed by atoms with E-state index < -0.39 is 29.6 Å². The molecule has 0 fully saturated rings. The third kappa shape index (κ3) is 2.01. The van der Waals surface area contributed by atoms with Crippen LogP contribution in [0.5, 0.6) is 0 Å². The first-order valence-corrected chi connectivity index (χ1v) is 4.06. The molecule has 2 nitrogen and oxygen atoms in total. The highest BCUT2D eigenvalue weighted by Crippen LogP contribution is 2.23. The minimum absolute atomic E-state index is 0.184. The van der Waals surface area contributed by atoms with Crippen LogP contribution in [0.2, 0.25) is 0 Å². The van der Waals surface area contributed by atoms with E-state index >= 15 is 0 Å². The van der Waals surface area contributed by atoms with E-state index in [1.54, 1.807) is 5.48 Å². The van der Waals surface area contributed by atoms with E-state index in [1.807, 2.05) is 0 Å². The van der Waals surface area contributed by atoms with Gasteiger partial charge in [-0.1, -0.05) is 0 Å². The molecule has 0 spiro atoms. The van der Waals surface area contributed by atoms with Crippen LogP contribution < -0.4 is 5.48 Å². The molecule has 1 aromatic carbocycles. The number of hydroxylamine groups is 1. The van der Waals surface area contributed by atoms with E-state index in [2.05, 4.69) is 15.9 Å². The summed E-state index contributed by atoms with van der Waals surface area (Å²) in [6.07, 6.45) is 0. The molecule has 2 N–H and O–H groups in total. The van der Waals surface area contributed by atoms with Crippen molar-refractivity contribution in [2.24, 2.45) is 0 Å². The zero-order chi connectivity index (χ0) is 10.0. The molecule has 1 aromatic rings. The second kappa shape index (κ2) is 4.08. The minimum Gasteiger partial charge on any atom is -0.316 e. The van der Waals surface area contributed by atoms with Crippen LogP contribution >= 0.6 is 15.9 Å². The van der Waals surface area contributed by atoms with Crippen molar-refractivity contribution in [1.29, 1.82) is 0 Å². The first-order chi connectivity index (χ1) is 6.07. The van der Waals surface area contributed by atoms with Crippen LogP contribution in [0.1, 0.15) is 5.56 Å². The van der Waals surface area contributed by atoms with Gasteiger partial charge in [0.1, 0.15) is 5.82 Å². The summed E-state index contributed by atoms with van der Waals surface area (Å²) in [5.74, 6) is -3.40. The monoisotopic (exact) mass is 255 g/mol. The smallest absolute Gasteiger partial charge is 0.166 e. The largest absolute Gasteiger partial charge is 0.316 e. The molecule has 13 heavy (non-hydrogen) atoms. The van der Waals surface area contributed by atoms with Crippen molar-refractivity contribution in [1.82, 2.24) is 5.48 Å². The second-order valence-electron chi connectivity index (χ2n) is 2.28. The van der Waals surface area contributed by atoms with E-state index in [9.17, 15) is 13.2 Å². The van der Waals surface area contributed by atoms with Crippen LogP contribution in [0.4, 0.5) is 13.2 Å². The number of halogens is 4. The van der Waals surface area contributed by atoms with Gasteiger partial charge >= 0.3 is 0 Å². The lowest BCUT2D eigenvalue weighted by Crippen LogP contribution is -2.11. The molecule has 0 heterocycles. The first-order valence-electron chi connectivity index (χ1n) is 3.26. The Bertz CT molecular complexity index is 306. The molecular weight excluding hydrogens is 251 g/mol. The molecule has 0 amide bonds. The Labute approximate surface area is 80.5 Å². The van der Waals surface area contributed by atoms with Gasteiger partial charge in [-0.2, -0.15) is 0 Å². The topological polar surface area (TPSA) is 32.3 Å². The Kier molecular flexibility index (Phi) is 3.29. The van der Waals surface area contributed by atoms with Crippen LogP contribution in [-0.2, 0) is 6.54 Å². The number of benzene rings is 1. The van der Waals surface area contributed by atoms with Gasteiger partial charge in [-0.25, -0.2) is 18.7 Å². The van der Waals surface area contributed by atoms with Gasteiger partial charge in [0.05, 0.1) is 11.0 Å². The van der Waals surface area contributed by atoms with Crippen molar-refractivity contribution in [2.75, 3.05) is 0 Å². The lowest BCUT2D eigenvalue weighted by molar-refractivity contribution is 0.158. The highest BCUT2D eigenvalue weighted by atomic mass is 79.9. The van der Waals surface area contributed by atoms with Crippen LogP contribution in [-0.4, -0.2) is 5.21 Å². The molecule has 0 radical (unpaired) electrons. The maximum atomic E-state index is 13.0. The molecule has 6 heteroatoms. The van der Waals surface area contributed by atoms with Gasteiger partial charge in [0.25, 0.3) is 0 Å². The zero-order valence-electron chi connectivity index (χ0n) is 6.24. The van der Waals surface area contributed by atoms with E-state index in [0.29, 0.717) is 6.07 Å². The van der Waals surface area contributed by atoms with Crippen molar-refractivity contribution >= 4 is 15.9 Å². The summed E-state index contributed by atoms with van der Waals surface area (Å²) in [6, 6.07) is 0.686. The Hall–Kier alpha value is -0.590. The number of rotatable bonds is 2.